The van der Waals surface area contributed by atoms with Gasteiger partial charge in [0.2, 0.25) is 0 Å². The van der Waals surface area contributed by atoms with Gasteiger partial charge in [-0.1, -0.05) is 12.1 Å². The lowest BCUT2D eigenvalue weighted by atomic mass is 9.75. The lowest BCUT2D eigenvalue weighted by molar-refractivity contribution is -0.384. The highest BCUT2D eigenvalue weighted by Crippen LogP contribution is 2.41. The van der Waals surface area contributed by atoms with Gasteiger partial charge in [0, 0.05) is 36.6 Å². The maximum absolute atomic E-state index is 12.7. The first-order valence-corrected chi connectivity index (χ1v) is 9.76. The first kappa shape index (κ1) is 22.6. The summed E-state index contributed by atoms with van der Waals surface area (Å²) in [5.74, 6) is -2.26. The van der Waals surface area contributed by atoms with Crippen LogP contribution in [0.2, 0.25) is 0 Å². The van der Waals surface area contributed by atoms with Gasteiger partial charge in [-0.3, -0.25) is 19.9 Å². The molecule has 0 N–H and O–H groups in total. The molecule has 1 aromatic carbocycles. The molecule has 0 saturated carbocycles. The summed E-state index contributed by atoms with van der Waals surface area (Å²) < 4.78 is 14.9. The van der Waals surface area contributed by atoms with E-state index in [0.29, 0.717) is 28.7 Å². The van der Waals surface area contributed by atoms with Crippen molar-refractivity contribution >= 4 is 35.1 Å². The molecule has 0 amide bonds. The van der Waals surface area contributed by atoms with E-state index in [-0.39, 0.29) is 11.3 Å². The smallest absolute Gasteiger partial charge is 0.336 e. The van der Waals surface area contributed by atoms with Gasteiger partial charge >= 0.3 is 11.9 Å². The fourth-order valence-electron chi connectivity index (χ4n) is 3.24. The number of thioether (sulfide) groups is 1. The van der Waals surface area contributed by atoms with Gasteiger partial charge in [-0.05, 0) is 12.5 Å². The average molecular weight is 422 g/mol. The normalized spacial score (nSPS) is 18.8. The van der Waals surface area contributed by atoms with Crippen LogP contribution in [-0.2, 0) is 23.8 Å². The predicted molar refractivity (Wildman–Crippen MR) is 108 cm³/mol. The van der Waals surface area contributed by atoms with Crippen molar-refractivity contribution in [3.8, 4) is 0 Å². The average Bonchev–Trinajstić information content (AvgIpc) is 2.72. The predicted octanol–water partition coefficient (Wildman–Crippen LogP) is 2.71. The quantitative estimate of drug-likeness (QED) is 0.206. The Morgan fingerprint density at radius 2 is 1.97 bits per heavy atom. The van der Waals surface area contributed by atoms with Gasteiger partial charge in [0.15, 0.2) is 0 Å². The van der Waals surface area contributed by atoms with E-state index in [1.54, 1.807) is 20.1 Å². The summed E-state index contributed by atoms with van der Waals surface area (Å²) in [4.78, 5) is 40.5. The fourth-order valence-corrected chi connectivity index (χ4v) is 3.90. The van der Waals surface area contributed by atoms with Crippen molar-refractivity contribution in [2.75, 3.05) is 33.0 Å². The molecule has 156 valence electrons. The zero-order chi connectivity index (χ0) is 21.6. The molecule has 1 aliphatic heterocycles. The first-order valence-electron chi connectivity index (χ1n) is 8.61. The van der Waals surface area contributed by atoms with Crippen molar-refractivity contribution in [2.24, 2.45) is 10.9 Å². The summed E-state index contributed by atoms with van der Waals surface area (Å²) in [5, 5.41) is 11.3. The van der Waals surface area contributed by atoms with Crippen molar-refractivity contribution in [1.29, 1.82) is 0 Å². The largest absolute Gasteiger partial charge is 0.468 e. The molecule has 0 aromatic heterocycles. The number of ether oxygens (including phenoxy) is 3. The Labute approximate surface area is 172 Å². The van der Waals surface area contributed by atoms with E-state index in [4.69, 9.17) is 14.2 Å². The molecule has 1 aliphatic rings. The Kier molecular flexibility index (Phi) is 7.91. The van der Waals surface area contributed by atoms with Crippen LogP contribution in [0.5, 0.6) is 0 Å². The highest BCUT2D eigenvalue weighted by Gasteiger charge is 2.43. The number of rotatable bonds is 8. The van der Waals surface area contributed by atoms with E-state index in [0.717, 1.165) is 0 Å². The van der Waals surface area contributed by atoms with E-state index < -0.39 is 28.7 Å². The number of benzene rings is 1. The number of methoxy groups -OCH3 is 3. The van der Waals surface area contributed by atoms with E-state index in [9.17, 15) is 19.7 Å². The van der Waals surface area contributed by atoms with E-state index >= 15 is 0 Å². The zero-order valence-electron chi connectivity index (χ0n) is 16.5. The Balaban J connectivity index is 2.69. The number of nitro benzene ring substituents is 1. The SMILES string of the molecule is COCSCC1=C(C(=O)OC)C(c2cccc([N+](=O)[O-])c2)C(C(=O)OC)C(C)=N1. The van der Waals surface area contributed by atoms with Crippen LogP contribution in [0.4, 0.5) is 5.69 Å². The van der Waals surface area contributed by atoms with Gasteiger partial charge in [0.25, 0.3) is 5.69 Å². The molecule has 0 fully saturated rings. The topological polar surface area (TPSA) is 117 Å². The van der Waals surface area contributed by atoms with Crippen molar-refractivity contribution in [2.45, 2.75) is 12.8 Å². The summed E-state index contributed by atoms with van der Waals surface area (Å²) in [6.07, 6.45) is 0. The minimum atomic E-state index is -0.910. The summed E-state index contributed by atoms with van der Waals surface area (Å²) in [7, 11) is 4.03. The molecule has 0 spiro atoms. The lowest BCUT2D eigenvalue weighted by Crippen LogP contribution is -2.36. The van der Waals surface area contributed by atoms with Crippen LogP contribution in [0.15, 0.2) is 40.5 Å². The molecule has 10 heteroatoms. The molecular formula is C19H22N2O7S. The van der Waals surface area contributed by atoms with Crippen LogP contribution < -0.4 is 0 Å². The van der Waals surface area contributed by atoms with E-state index in [1.807, 2.05) is 0 Å². The molecule has 1 aromatic rings. The van der Waals surface area contributed by atoms with Crippen LogP contribution >= 0.6 is 11.8 Å². The Bertz CT molecular complexity index is 866. The monoisotopic (exact) mass is 422 g/mol. The molecule has 1 heterocycles. The Morgan fingerprint density at radius 3 is 2.55 bits per heavy atom. The van der Waals surface area contributed by atoms with Crippen LogP contribution in [0.25, 0.3) is 0 Å². The van der Waals surface area contributed by atoms with Crippen LogP contribution in [0, 0.1) is 16.0 Å². The summed E-state index contributed by atoms with van der Waals surface area (Å²) in [6, 6.07) is 5.84. The minimum Gasteiger partial charge on any atom is -0.468 e. The van der Waals surface area contributed by atoms with Gasteiger partial charge in [-0.15, -0.1) is 11.8 Å². The van der Waals surface area contributed by atoms with Gasteiger partial charge in [-0.25, -0.2) is 4.79 Å². The third kappa shape index (κ3) is 5.01. The van der Waals surface area contributed by atoms with Crippen molar-refractivity contribution in [1.82, 2.24) is 0 Å². The number of nitrogens with zero attached hydrogens (tertiary/aromatic N) is 2. The number of hydrogen-bond acceptors (Lipinski definition) is 9. The summed E-state index contributed by atoms with van der Waals surface area (Å²) >= 11 is 1.39. The van der Waals surface area contributed by atoms with Crippen LogP contribution in [0.3, 0.4) is 0 Å². The third-order valence-electron chi connectivity index (χ3n) is 4.46. The molecule has 2 atom stereocenters. The Morgan fingerprint density at radius 1 is 1.24 bits per heavy atom. The molecule has 2 rings (SSSR count). The first-order chi connectivity index (χ1) is 13.8. The number of carbonyl (C=O) groups is 2. The molecule has 2 unspecified atom stereocenters. The Hall–Kier alpha value is -2.72. The minimum absolute atomic E-state index is 0.147. The number of hydrogen-bond donors (Lipinski definition) is 0. The second-order valence-corrected chi connectivity index (χ2v) is 7.12. The maximum atomic E-state index is 12.7. The molecule has 0 radical (unpaired) electrons. The van der Waals surface area contributed by atoms with Crippen LogP contribution in [-0.4, -0.2) is 55.6 Å². The van der Waals surface area contributed by atoms with Gasteiger partial charge in [0.1, 0.15) is 5.92 Å². The standard InChI is InChI=1S/C19H22N2O7S/c1-11-15(18(22)27-3)16(12-6-5-7-13(8-12)21(24)25)17(19(23)28-4)14(20-11)9-29-10-26-2/h5-8,15-16H,9-10H2,1-4H3. The molecule has 0 aliphatic carbocycles. The fraction of sp³-hybridized carbons (Fsp3) is 0.421. The van der Waals surface area contributed by atoms with E-state index in [2.05, 4.69) is 4.99 Å². The molecule has 9 nitrogen and oxygen atoms in total. The molecule has 0 saturated heterocycles. The zero-order valence-corrected chi connectivity index (χ0v) is 17.4. The summed E-state index contributed by atoms with van der Waals surface area (Å²) in [5.41, 5.74) is 1.35. The second-order valence-electron chi connectivity index (χ2n) is 6.19. The molecule has 29 heavy (non-hydrogen) atoms. The van der Waals surface area contributed by atoms with Gasteiger partial charge in [-0.2, -0.15) is 0 Å². The van der Waals surface area contributed by atoms with Crippen molar-refractivity contribution in [3.05, 3.63) is 51.2 Å². The van der Waals surface area contributed by atoms with Crippen molar-refractivity contribution < 1.29 is 28.7 Å². The summed E-state index contributed by atoms with van der Waals surface area (Å²) in [6.45, 7) is 1.67. The molecule has 0 bridgehead atoms. The van der Waals surface area contributed by atoms with Gasteiger partial charge < -0.3 is 14.2 Å². The maximum Gasteiger partial charge on any atom is 0.336 e. The second kappa shape index (κ2) is 10.2. The third-order valence-corrected chi connectivity index (χ3v) is 5.34. The highest BCUT2D eigenvalue weighted by atomic mass is 32.2. The number of aliphatic imine (C=N–C) groups is 1. The number of carbonyl (C=O) groups excluding carboxylic acids is 2. The number of non-ortho nitro benzene ring substituents is 1. The van der Waals surface area contributed by atoms with Gasteiger partial charge in [0.05, 0.1) is 36.4 Å². The van der Waals surface area contributed by atoms with Crippen LogP contribution in [0.1, 0.15) is 18.4 Å². The number of esters is 2. The lowest BCUT2D eigenvalue weighted by Gasteiger charge is -2.31. The number of nitro groups is 1. The highest BCUT2D eigenvalue weighted by molar-refractivity contribution is 7.99. The van der Waals surface area contributed by atoms with E-state index in [1.165, 1.54) is 44.2 Å². The van der Waals surface area contributed by atoms with Crippen molar-refractivity contribution in [3.63, 3.8) is 0 Å². The molecular weight excluding hydrogens is 400 g/mol.